The molecule has 0 spiro atoms. The fourth-order valence-electron chi connectivity index (χ4n) is 2.85. The zero-order valence-electron chi connectivity index (χ0n) is 15.5. The third-order valence-electron chi connectivity index (χ3n) is 4.37. The summed E-state index contributed by atoms with van der Waals surface area (Å²) in [6.07, 6.45) is 1.67. The Morgan fingerprint density at radius 1 is 0.516 bits per heavy atom. The van der Waals surface area contributed by atoms with E-state index >= 15 is 0 Å². The first kappa shape index (κ1) is 21.0. The summed E-state index contributed by atoms with van der Waals surface area (Å²) in [5.41, 5.74) is 0. The van der Waals surface area contributed by atoms with Crippen LogP contribution in [0.1, 0.15) is 0 Å². The van der Waals surface area contributed by atoms with Gasteiger partial charge in [-0.15, -0.1) is 0 Å². The van der Waals surface area contributed by atoms with Gasteiger partial charge in [0.15, 0.2) is 10.1 Å². The maximum Gasteiger partial charge on any atom is 0.229 e. The highest BCUT2D eigenvalue weighted by Gasteiger charge is 2.37. The van der Waals surface area contributed by atoms with Crippen LogP contribution in [0.15, 0.2) is 103 Å². The molecule has 0 saturated heterocycles. The molecule has 2 N–H and O–H groups in total. The topological polar surface area (TPSA) is 160 Å². The van der Waals surface area contributed by atoms with E-state index in [1.54, 1.807) is 12.1 Å². The van der Waals surface area contributed by atoms with Crippen molar-refractivity contribution in [3.05, 3.63) is 73.1 Å². The number of rotatable bonds is 6. The molecule has 2 aromatic carbocycles. The average molecular weight is 479 g/mol. The molecule has 0 aliphatic carbocycles. The maximum atomic E-state index is 13.3. The van der Waals surface area contributed by atoms with Crippen molar-refractivity contribution in [2.75, 3.05) is 0 Å². The second kappa shape index (κ2) is 7.44. The van der Waals surface area contributed by atoms with Gasteiger partial charge in [0, 0.05) is 0 Å². The lowest BCUT2D eigenvalue weighted by atomic mass is 10.4. The number of nitrogens with one attached hydrogen (secondary N) is 2. The van der Waals surface area contributed by atoms with Crippen LogP contribution in [0.3, 0.4) is 0 Å². The highest BCUT2D eigenvalue weighted by atomic mass is 32.2. The van der Waals surface area contributed by atoms with Crippen molar-refractivity contribution < 1.29 is 25.3 Å². The van der Waals surface area contributed by atoms with Crippen LogP contribution in [-0.2, 0) is 29.5 Å². The number of aromatic nitrogens is 4. The average Bonchev–Trinajstić information content (AvgIpc) is 3.46. The lowest BCUT2D eigenvalue weighted by molar-refractivity contribution is 0.573. The van der Waals surface area contributed by atoms with E-state index in [-0.39, 0.29) is 9.79 Å². The molecule has 0 saturated carbocycles. The molecule has 2 aromatic heterocycles. The fraction of sp³-hybridized carbons (Fsp3) is 0. The minimum atomic E-state index is -4.67. The summed E-state index contributed by atoms with van der Waals surface area (Å²) in [6, 6.07) is 14.4. The van der Waals surface area contributed by atoms with E-state index in [2.05, 4.69) is 20.4 Å². The lowest BCUT2D eigenvalue weighted by Gasteiger charge is -2.08. The Balaban J connectivity index is 1.88. The maximum absolute atomic E-state index is 13.3. The Labute approximate surface area is 177 Å². The van der Waals surface area contributed by atoms with Crippen LogP contribution in [0, 0.1) is 0 Å². The molecule has 0 aliphatic rings. The van der Waals surface area contributed by atoms with Gasteiger partial charge >= 0.3 is 0 Å². The quantitative estimate of drug-likeness (QED) is 0.423. The smallest absolute Gasteiger partial charge is 0.229 e. The van der Waals surface area contributed by atoms with Gasteiger partial charge in [-0.1, -0.05) is 36.4 Å². The normalized spacial score (nSPS) is 12.6. The molecule has 0 fully saturated rings. The van der Waals surface area contributed by atoms with Gasteiger partial charge in [0.2, 0.25) is 29.5 Å². The first-order valence-corrected chi connectivity index (χ1v) is 13.0. The zero-order valence-corrected chi connectivity index (χ0v) is 17.9. The standard InChI is InChI=1S/C18H14N4O6S3/c23-29(24,13-7-3-1-4-8-13)15-11-19-22-18(15)31(27,28)16-12-20-21-17(16)30(25,26)14-9-5-2-6-10-14/h1-12H,(H,19,22)(H,20,21). The molecule has 10 nitrogen and oxygen atoms in total. The molecule has 0 bridgehead atoms. The van der Waals surface area contributed by atoms with E-state index in [0.717, 1.165) is 12.4 Å². The molecule has 13 heteroatoms. The van der Waals surface area contributed by atoms with Crippen molar-refractivity contribution in [2.45, 2.75) is 29.6 Å². The number of sulfone groups is 3. The van der Waals surface area contributed by atoms with Crippen LogP contribution in [0.25, 0.3) is 0 Å². The predicted octanol–water partition coefficient (Wildman–Crippen LogP) is 1.63. The van der Waals surface area contributed by atoms with Crippen LogP contribution >= 0.6 is 0 Å². The lowest BCUT2D eigenvalue weighted by Crippen LogP contribution is -2.13. The molecule has 0 amide bonds. The number of nitrogens with zero attached hydrogens (tertiary/aromatic N) is 2. The van der Waals surface area contributed by atoms with E-state index in [0.29, 0.717) is 0 Å². The second-order valence-corrected chi connectivity index (χ2v) is 11.9. The predicted molar refractivity (Wildman–Crippen MR) is 106 cm³/mol. The van der Waals surface area contributed by atoms with Crippen LogP contribution in [0.5, 0.6) is 0 Å². The molecule has 0 unspecified atom stereocenters. The summed E-state index contributed by atoms with van der Waals surface area (Å²) in [5, 5.41) is 10.1. The molecule has 2 heterocycles. The van der Waals surface area contributed by atoms with Crippen LogP contribution < -0.4 is 0 Å². The number of hydrogen-bond acceptors (Lipinski definition) is 8. The van der Waals surface area contributed by atoms with Gasteiger partial charge in [-0.2, -0.15) is 10.2 Å². The van der Waals surface area contributed by atoms with E-state index in [1.165, 1.54) is 48.5 Å². The van der Waals surface area contributed by atoms with Gasteiger partial charge in [-0.05, 0) is 24.3 Å². The van der Waals surface area contributed by atoms with Crippen molar-refractivity contribution >= 4 is 29.5 Å². The third kappa shape index (κ3) is 3.45. The highest BCUT2D eigenvalue weighted by Crippen LogP contribution is 2.33. The van der Waals surface area contributed by atoms with Gasteiger partial charge in [0.25, 0.3) is 0 Å². The first-order chi connectivity index (χ1) is 14.7. The van der Waals surface area contributed by atoms with Crippen molar-refractivity contribution in [1.29, 1.82) is 0 Å². The molecule has 0 atom stereocenters. The summed E-state index contributed by atoms with van der Waals surface area (Å²) in [7, 11) is -13.2. The number of hydrogen-bond donors (Lipinski definition) is 2. The Morgan fingerprint density at radius 3 is 1.39 bits per heavy atom. The molecular formula is C18H14N4O6S3. The van der Waals surface area contributed by atoms with Crippen LogP contribution in [-0.4, -0.2) is 45.6 Å². The summed E-state index contributed by atoms with van der Waals surface area (Å²) < 4.78 is 78.4. The van der Waals surface area contributed by atoms with E-state index < -0.39 is 49.4 Å². The molecule has 31 heavy (non-hydrogen) atoms. The zero-order chi connectivity index (χ0) is 22.3. The SMILES string of the molecule is O=S(=O)(c1ccccc1)c1cn[nH]c1S(=O)(=O)c1cn[nH]c1S(=O)(=O)c1ccccc1. The molecule has 160 valence electrons. The fourth-order valence-corrected chi connectivity index (χ4v) is 7.85. The van der Waals surface area contributed by atoms with Crippen LogP contribution in [0.2, 0.25) is 0 Å². The molecular weight excluding hydrogens is 464 g/mol. The van der Waals surface area contributed by atoms with Gasteiger partial charge < -0.3 is 0 Å². The van der Waals surface area contributed by atoms with Gasteiger partial charge in [-0.25, -0.2) is 25.3 Å². The monoisotopic (exact) mass is 478 g/mol. The molecule has 4 aromatic rings. The van der Waals surface area contributed by atoms with Crippen molar-refractivity contribution in [3.63, 3.8) is 0 Å². The molecule has 0 aliphatic heterocycles. The second-order valence-electron chi connectivity index (χ2n) is 6.26. The van der Waals surface area contributed by atoms with E-state index in [9.17, 15) is 25.3 Å². The first-order valence-electron chi connectivity index (χ1n) is 8.59. The van der Waals surface area contributed by atoms with Gasteiger partial charge in [0.05, 0.1) is 22.2 Å². The molecule has 4 rings (SSSR count). The summed E-state index contributed by atoms with van der Waals surface area (Å²) in [5.74, 6) is 0. The van der Waals surface area contributed by atoms with Crippen molar-refractivity contribution in [1.82, 2.24) is 20.4 Å². The number of H-pyrrole nitrogens is 2. The summed E-state index contributed by atoms with van der Waals surface area (Å²) >= 11 is 0. The Bertz CT molecular complexity index is 1440. The number of aromatic amines is 2. The summed E-state index contributed by atoms with van der Waals surface area (Å²) in [6.45, 7) is 0. The largest absolute Gasteiger partial charge is 0.266 e. The van der Waals surface area contributed by atoms with Gasteiger partial charge in [0.1, 0.15) is 9.79 Å². The Hall–Kier alpha value is -3.29. The highest BCUT2D eigenvalue weighted by molar-refractivity contribution is 7.96. The minimum Gasteiger partial charge on any atom is -0.266 e. The van der Waals surface area contributed by atoms with Crippen molar-refractivity contribution in [2.24, 2.45) is 0 Å². The van der Waals surface area contributed by atoms with E-state index in [4.69, 9.17) is 0 Å². The van der Waals surface area contributed by atoms with Crippen molar-refractivity contribution in [3.8, 4) is 0 Å². The third-order valence-corrected chi connectivity index (χ3v) is 9.89. The number of benzene rings is 2. The van der Waals surface area contributed by atoms with Crippen LogP contribution in [0.4, 0.5) is 0 Å². The Kier molecular flexibility index (Phi) is 5.03. The minimum absolute atomic E-state index is 0.142. The summed E-state index contributed by atoms with van der Waals surface area (Å²) in [4.78, 5) is -1.61. The van der Waals surface area contributed by atoms with Gasteiger partial charge in [-0.3, -0.25) is 10.2 Å². The molecule has 0 radical (unpaired) electrons. The van der Waals surface area contributed by atoms with E-state index in [1.807, 2.05) is 0 Å². The Morgan fingerprint density at radius 2 is 0.903 bits per heavy atom.